The summed E-state index contributed by atoms with van der Waals surface area (Å²) in [4.78, 5) is 8.72. The van der Waals surface area contributed by atoms with Gasteiger partial charge in [0, 0.05) is 16.3 Å². The summed E-state index contributed by atoms with van der Waals surface area (Å²) in [6.07, 6.45) is 0. The summed E-state index contributed by atoms with van der Waals surface area (Å²) in [5, 5.41) is 19.9. The molecule has 0 aliphatic carbocycles. The number of benzene rings is 2. The van der Waals surface area contributed by atoms with Crippen molar-refractivity contribution in [2.45, 2.75) is 10.9 Å². The molecule has 0 aliphatic rings. The van der Waals surface area contributed by atoms with Gasteiger partial charge in [-0.25, -0.2) is 9.97 Å². The highest BCUT2D eigenvalue weighted by atomic mass is 35.5. The first-order valence-corrected chi connectivity index (χ1v) is 8.73. The Bertz CT molecular complexity index is 991. The number of hydrogen-bond acceptors (Lipinski definition) is 5. The molecule has 0 N–H and O–H groups in total. The van der Waals surface area contributed by atoms with Crippen LogP contribution in [0, 0.1) is 22.7 Å². The van der Waals surface area contributed by atoms with Crippen LogP contribution in [0.2, 0.25) is 5.02 Å². The van der Waals surface area contributed by atoms with Gasteiger partial charge < -0.3 is 0 Å². The Labute approximate surface area is 154 Å². The van der Waals surface area contributed by atoms with Gasteiger partial charge in [-0.05, 0) is 11.6 Å². The van der Waals surface area contributed by atoms with Gasteiger partial charge in [0.1, 0.15) is 17.7 Å². The Morgan fingerprint density at radius 2 is 1.64 bits per heavy atom. The summed E-state index contributed by atoms with van der Waals surface area (Å²) in [6, 6.07) is 20.9. The molecule has 0 spiro atoms. The third-order valence-corrected chi connectivity index (χ3v) is 4.73. The van der Waals surface area contributed by atoms with E-state index in [9.17, 15) is 10.5 Å². The normalized spacial score (nSPS) is 10.0. The van der Waals surface area contributed by atoms with Crippen LogP contribution < -0.4 is 0 Å². The molecule has 0 saturated carbocycles. The van der Waals surface area contributed by atoms with Crippen LogP contribution in [0.25, 0.3) is 11.3 Å². The number of halogens is 1. The topological polar surface area (TPSA) is 73.4 Å². The van der Waals surface area contributed by atoms with Crippen molar-refractivity contribution in [3.63, 3.8) is 0 Å². The van der Waals surface area contributed by atoms with Crippen molar-refractivity contribution < 1.29 is 0 Å². The quantitative estimate of drug-likeness (QED) is 0.490. The minimum atomic E-state index is 0.0815. The summed E-state index contributed by atoms with van der Waals surface area (Å²) in [6.45, 7) is 0. The Balaban J connectivity index is 2.00. The predicted octanol–water partition coefficient (Wildman–Crippen LogP) is 4.83. The molecule has 4 nitrogen and oxygen atoms in total. The number of nitrogens with zero attached hydrogens (tertiary/aromatic N) is 4. The average Bonchev–Trinajstić information content (AvgIpc) is 2.67. The van der Waals surface area contributed by atoms with Gasteiger partial charge in [0.05, 0.1) is 5.69 Å². The van der Waals surface area contributed by atoms with E-state index in [0.29, 0.717) is 21.6 Å². The van der Waals surface area contributed by atoms with Crippen LogP contribution >= 0.6 is 23.4 Å². The van der Waals surface area contributed by atoms with E-state index in [1.165, 1.54) is 11.8 Å². The van der Waals surface area contributed by atoms with Gasteiger partial charge in [0.15, 0.2) is 10.9 Å². The second-order valence-corrected chi connectivity index (χ2v) is 6.40. The van der Waals surface area contributed by atoms with Gasteiger partial charge in [-0.1, -0.05) is 71.9 Å². The van der Waals surface area contributed by atoms with Crippen LogP contribution in [0.3, 0.4) is 0 Å². The molecule has 25 heavy (non-hydrogen) atoms. The van der Waals surface area contributed by atoms with E-state index in [-0.39, 0.29) is 11.3 Å². The molecule has 0 bridgehead atoms. The van der Waals surface area contributed by atoms with E-state index in [1.54, 1.807) is 0 Å². The molecular formula is C19H11ClN4S. The van der Waals surface area contributed by atoms with Gasteiger partial charge in [-0.3, -0.25) is 0 Å². The van der Waals surface area contributed by atoms with Crippen LogP contribution in [0.4, 0.5) is 0 Å². The van der Waals surface area contributed by atoms with Gasteiger partial charge in [0.2, 0.25) is 0 Å². The third kappa shape index (κ3) is 3.80. The maximum absolute atomic E-state index is 9.42. The van der Waals surface area contributed by atoms with Gasteiger partial charge in [0.25, 0.3) is 0 Å². The Morgan fingerprint density at radius 1 is 0.920 bits per heavy atom. The van der Waals surface area contributed by atoms with Gasteiger partial charge >= 0.3 is 0 Å². The van der Waals surface area contributed by atoms with Crippen molar-refractivity contribution in [3.05, 3.63) is 76.4 Å². The highest BCUT2D eigenvalue weighted by Crippen LogP contribution is 2.29. The molecule has 0 radical (unpaired) electrons. The molecule has 3 aromatic rings. The highest BCUT2D eigenvalue weighted by Gasteiger charge is 2.16. The second kappa shape index (κ2) is 7.81. The standard InChI is InChI=1S/C19H11ClN4S/c20-16-9-5-4-8-14(16)12-25-19-23-17(11-22)15(10-21)18(24-19)13-6-2-1-3-7-13/h1-9H,12H2. The van der Waals surface area contributed by atoms with Crippen LogP contribution in [0.15, 0.2) is 59.8 Å². The molecule has 0 amide bonds. The second-order valence-electron chi connectivity index (χ2n) is 5.05. The maximum atomic E-state index is 9.42. The lowest BCUT2D eigenvalue weighted by atomic mass is 10.1. The zero-order chi connectivity index (χ0) is 17.6. The maximum Gasteiger partial charge on any atom is 0.189 e. The summed E-state index contributed by atoms with van der Waals surface area (Å²) in [5.74, 6) is 0.574. The van der Waals surface area contributed by atoms with Gasteiger partial charge in [-0.2, -0.15) is 10.5 Å². The van der Waals surface area contributed by atoms with Crippen LogP contribution in [-0.4, -0.2) is 9.97 Å². The minimum absolute atomic E-state index is 0.0815. The van der Waals surface area contributed by atoms with E-state index < -0.39 is 0 Å². The Morgan fingerprint density at radius 3 is 2.32 bits per heavy atom. The highest BCUT2D eigenvalue weighted by molar-refractivity contribution is 7.98. The summed E-state index contributed by atoms with van der Waals surface area (Å²) in [5.41, 5.74) is 2.48. The molecular weight excluding hydrogens is 352 g/mol. The summed E-state index contributed by atoms with van der Waals surface area (Å²) in [7, 11) is 0. The Kier molecular flexibility index (Phi) is 5.30. The van der Waals surface area contributed by atoms with E-state index in [4.69, 9.17) is 11.6 Å². The molecule has 2 aromatic carbocycles. The monoisotopic (exact) mass is 362 g/mol. The first kappa shape index (κ1) is 17.0. The number of hydrogen-bond donors (Lipinski definition) is 0. The Hall–Kier alpha value is -2.86. The molecule has 0 fully saturated rings. The van der Waals surface area contributed by atoms with Gasteiger partial charge in [-0.15, -0.1) is 0 Å². The first-order chi connectivity index (χ1) is 12.2. The third-order valence-electron chi connectivity index (χ3n) is 3.47. The molecule has 120 valence electrons. The lowest BCUT2D eigenvalue weighted by molar-refractivity contribution is 0.950. The lowest BCUT2D eigenvalue weighted by Crippen LogP contribution is -2.00. The number of rotatable bonds is 4. The lowest BCUT2D eigenvalue weighted by Gasteiger charge is -2.08. The average molecular weight is 363 g/mol. The van der Waals surface area contributed by atoms with Crippen LogP contribution in [0.5, 0.6) is 0 Å². The molecule has 1 heterocycles. The van der Waals surface area contributed by atoms with Crippen molar-refractivity contribution in [1.29, 1.82) is 10.5 Å². The molecule has 6 heteroatoms. The summed E-state index contributed by atoms with van der Waals surface area (Å²) >= 11 is 7.55. The van der Waals surface area contributed by atoms with Crippen molar-refractivity contribution in [1.82, 2.24) is 9.97 Å². The molecule has 0 atom stereocenters. The van der Waals surface area contributed by atoms with Crippen molar-refractivity contribution in [2.75, 3.05) is 0 Å². The molecule has 3 rings (SSSR count). The smallest absolute Gasteiger partial charge is 0.189 e. The van der Waals surface area contributed by atoms with Crippen molar-refractivity contribution >= 4 is 23.4 Å². The minimum Gasteiger partial charge on any atom is -0.221 e. The SMILES string of the molecule is N#Cc1nc(SCc2ccccc2Cl)nc(-c2ccccc2)c1C#N. The molecule has 1 aromatic heterocycles. The number of aromatic nitrogens is 2. The fraction of sp³-hybridized carbons (Fsp3) is 0.0526. The molecule has 0 unspecified atom stereocenters. The van der Waals surface area contributed by atoms with E-state index in [2.05, 4.69) is 9.97 Å². The van der Waals surface area contributed by atoms with E-state index >= 15 is 0 Å². The van der Waals surface area contributed by atoms with E-state index in [0.717, 1.165) is 11.1 Å². The fourth-order valence-corrected chi connectivity index (χ4v) is 3.38. The zero-order valence-electron chi connectivity index (χ0n) is 13.0. The fourth-order valence-electron chi connectivity index (χ4n) is 2.25. The largest absolute Gasteiger partial charge is 0.221 e. The first-order valence-electron chi connectivity index (χ1n) is 7.37. The summed E-state index contributed by atoms with van der Waals surface area (Å²) < 4.78 is 0. The predicted molar refractivity (Wildman–Crippen MR) is 97.9 cm³/mol. The number of thioether (sulfide) groups is 1. The zero-order valence-corrected chi connectivity index (χ0v) is 14.6. The van der Waals surface area contributed by atoms with Crippen LogP contribution in [0.1, 0.15) is 16.8 Å². The molecule has 0 saturated heterocycles. The van der Waals surface area contributed by atoms with E-state index in [1.807, 2.05) is 66.7 Å². The van der Waals surface area contributed by atoms with Crippen molar-refractivity contribution in [3.8, 4) is 23.4 Å². The van der Waals surface area contributed by atoms with Crippen LogP contribution in [-0.2, 0) is 5.75 Å². The number of nitriles is 2. The molecule has 0 aliphatic heterocycles. The van der Waals surface area contributed by atoms with Crippen molar-refractivity contribution in [2.24, 2.45) is 0 Å².